The molecule has 0 aromatic heterocycles. The van der Waals surface area contributed by atoms with E-state index in [1.165, 1.54) is 64.9 Å². The summed E-state index contributed by atoms with van der Waals surface area (Å²) in [5.41, 5.74) is 10.6. The first-order valence-electron chi connectivity index (χ1n) is 12.6. The van der Waals surface area contributed by atoms with Crippen LogP contribution in [0.4, 0.5) is 0 Å². The van der Waals surface area contributed by atoms with Gasteiger partial charge in [0.25, 0.3) is 0 Å². The number of unbranched alkanes of at least 4 members (excludes halogenated alkanes) is 11. The first-order valence-corrected chi connectivity index (χ1v) is 12.6. The molecule has 0 heterocycles. The number of esters is 1. The molecule has 0 aliphatic heterocycles. The third-order valence-corrected chi connectivity index (χ3v) is 5.43. The molecule has 0 spiro atoms. The number of guanidine groups is 1. The lowest BCUT2D eigenvalue weighted by Gasteiger charge is -2.16. The zero-order valence-corrected chi connectivity index (χ0v) is 20.6. The molecule has 1 atom stereocenters. The van der Waals surface area contributed by atoms with E-state index >= 15 is 0 Å². The smallest absolute Gasteiger partial charge is 0.328 e. The number of nitrogens with zero attached hydrogens (tertiary/aromatic N) is 1. The van der Waals surface area contributed by atoms with Crippen LogP contribution in [-0.2, 0) is 14.3 Å². The van der Waals surface area contributed by atoms with Gasteiger partial charge in [0.05, 0.1) is 7.11 Å². The minimum atomic E-state index is -0.648. The molecular formula is C25H48N4O3. The summed E-state index contributed by atoms with van der Waals surface area (Å²) in [7, 11) is 1.32. The number of carbonyl (C=O) groups excluding carboxylic acids is 2. The molecule has 0 aliphatic carbocycles. The largest absolute Gasteiger partial charge is 0.467 e. The second-order valence-electron chi connectivity index (χ2n) is 8.43. The Kier molecular flexibility index (Phi) is 20.7. The summed E-state index contributed by atoms with van der Waals surface area (Å²) in [6.07, 6.45) is 22.0. The Labute approximate surface area is 195 Å². The fourth-order valence-electron chi connectivity index (χ4n) is 3.52. The molecule has 0 unspecified atom stereocenters. The molecule has 0 bridgehead atoms. The highest BCUT2D eigenvalue weighted by molar-refractivity contribution is 5.84. The van der Waals surface area contributed by atoms with Crippen LogP contribution >= 0.6 is 0 Å². The van der Waals surface area contributed by atoms with Gasteiger partial charge in [-0.1, -0.05) is 70.4 Å². The molecule has 5 N–H and O–H groups in total. The van der Waals surface area contributed by atoms with Crippen LogP contribution < -0.4 is 16.8 Å². The lowest BCUT2D eigenvalue weighted by molar-refractivity contribution is -0.145. The quantitative estimate of drug-likeness (QED) is 0.0764. The summed E-state index contributed by atoms with van der Waals surface area (Å²) in [4.78, 5) is 27.9. The van der Waals surface area contributed by atoms with Crippen molar-refractivity contribution in [1.82, 2.24) is 5.32 Å². The second kappa shape index (κ2) is 22.2. The van der Waals surface area contributed by atoms with Gasteiger partial charge < -0.3 is 21.5 Å². The normalized spacial score (nSPS) is 11.9. The van der Waals surface area contributed by atoms with E-state index < -0.39 is 12.0 Å². The number of carbonyl (C=O) groups is 2. The zero-order valence-electron chi connectivity index (χ0n) is 20.6. The van der Waals surface area contributed by atoms with E-state index in [0.29, 0.717) is 25.8 Å². The van der Waals surface area contributed by atoms with Gasteiger partial charge in [0.1, 0.15) is 6.04 Å². The molecule has 0 fully saturated rings. The molecule has 186 valence electrons. The number of ether oxygens (including phenoxy) is 1. The summed E-state index contributed by atoms with van der Waals surface area (Å²) >= 11 is 0. The van der Waals surface area contributed by atoms with Crippen LogP contribution in [0.2, 0.25) is 0 Å². The van der Waals surface area contributed by atoms with Crippen LogP contribution in [0.1, 0.15) is 110 Å². The highest BCUT2D eigenvalue weighted by Crippen LogP contribution is 2.10. The van der Waals surface area contributed by atoms with E-state index in [-0.39, 0.29) is 11.9 Å². The topological polar surface area (TPSA) is 120 Å². The number of nitrogens with one attached hydrogen (secondary N) is 1. The van der Waals surface area contributed by atoms with Crippen LogP contribution in [0.5, 0.6) is 0 Å². The number of aliphatic imine (C=N–C) groups is 1. The van der Waals surface area contributed by atoms with Crippen molar-refractivity contribution in [3.05, 3.63) is 12.2 Å². The van der Waals surface area contributed by atoms with Gasteiger partial charge in [0.15, 0.2) is 5.96 Å². The van der Waals surface area contributed by atoms with Crippen molar-refractivity contribution < 1.29 is 14.3 Å². The van der Waals surface area contributed by atoms with Gasteiger partial charge in [0, 0.05) is 13.0 Å². The van der Waals surface area contributed by atoms with Crippen LogP contribution in [0.15, 0.2) is 17.1 Å². The van der Waals surface area contributed by atoms with Crippen LogP contribution in [0.25, 0.3) is 0 Å². The molecule has 0 saturated heterocycles. The van der Waals surface area contributed by atoms with Crippen molar-refractivity contribution >= 4 is 17.8 Å². The Bertz CT molecular complexity index is 531. The maximum absolute atomic E-state index is 12.2. The molecule has 0 radical (unpaired) electrons. The molecule has 0 saturated carbocycles. The third kappa shape index (κ3) is 19.9. The Hall–Kier alpha value is -2.05. The lowest BCUT2D eigenvalue weighted by atomic mass is 10.1. The summed E-state index contributed by atoms with van der Waals surface area (Å²) < 4.78 is 4.78. The zero-order chi connectivity index (χ0) is 23.9. The molecule has 32 heavy (non-hydrogen) atoms. The maximum atomic E-state index is 12.2. The number of amides is 1. The van der Waals surface area contributed by atoms with Gasteiger partial charge >= 0.3 is 5.97 Å². The van der Waals surface area contributed by atoms with Crippen LogP contribution in [0, 0.1) is 0 Å². The molecule has 7 nitrogen and oxygen atoms in total. The van der Waals surface area contributed by atoms with E-state index in [4.69, 9.17) is 16.2 Å². The third-order valence-electron chi connectivity index (χ3n) is 5.43. The standard InChI is InChI=1S/C25H48N4O3/c1-3-4-5-6-7-8-9-10-11-12-13-14-15-16-17-20-23(30)29-22(24(31)32-2)19-18-21-28-25(26)27/h10-11,22H,3-9,12-21H2,1-2H3,(H,29,30)(H4,26,27,28)/b11-10-/t22-/m1/s1. The van der Waals surface area contributed by atoms with Crippen molar-refractivity contribution in [1.29, 1.82) is 0 Å². The summed E-state index contributed by atoms with van der Waals surface area (Å²) in [5.74, 6) is -0.527. The van der Waals surface area contributed by atoms with E-state index in [0.717, 1.165) is 25.7 Å². The molecular weight excluding hydrogens is 404 g/mol. The number of rotatable bonds is 21. The Balaban J connectivity index is 3.72. The van der Waals surface area contributed by atoms with Gasteiger partial charge in [-0.3, -0.25) is 9.79 Å². The van der Waals surface area contributed by atoms with Gasteiger partial charge in [-0.15, -0.1) is 0 Å². The fraction of sp³-hybridized carbons (Fsp3) is 0.800. The van der Waals surface area contributed by atoms with Gasteiger partial charge in [-0.2, -0.15) is 0 Å². The molecule has 0 aliphatic rings. The minimum Gasteiger partial charge on any atom is -0.467 e. The maximum Gasteiger partial charge on any atom is 0.328 e. The number of hydrogen-bond donors (Lipinski definition) is 3. The van der Waals surface area contributed by atoms with Gasteiger partial charge in [0.2, 0.25) is 5.91 Å². The molecule has 7 heteroatoms. The Morgan fingerprint density at radius 2 is 1.44 bits per heavy atom. The number of allylic oxidation sites excluding steroid dienone is 2. The van der Waals surface area contributed by atoms with Crippen LogP contribution in [0.3, 0.4) is 0 Å². The van der Waals surface area contributed by atoms with E-state index in [9.17, 15) is 9.59 Å². The average Bonchev–Trinajstić information content (AvgIpc) is 2.77. The first-order chi connectivity index (χ1) is 15.5. The average molecular weight is 453 g/mol. The van der Waals surface area contributed by atoms with Crippen molar-refractivity contribution in [3.8, 4) is 0 Å². The van der Waals surface area contributed by atoms with Crippen molar-refractivity contribution in [2.75, 3.05) is 13.7 Å². The summed E-state index contributed by atoms with van der Waals surface area (Å²) in [6, 6.07) is -0.648. The predicted molar refractivity (Wildman–Crippen MR) is 133 cm³/mol. The monoisotopic (exact) mass is 452 g/mol. The highest BCUT2D eigenvalue weighted by Gasteiger charge is 2.20. The second-order valence-corrected chi connectivity index (χ2v) is 8.43. The fourth-order valence-corrected chi connectivity index (χ4v) is 3.52. The predicted octanol–water partition coefficient (Wildman–Crippen LogP) is 4.74. The van der Waals surface area contributed by atoms with E-state index in [1.54, 1.807) is 0 Å². The first kappa shape index (κ1) is 29.9. The summed E-state index contributed by atoms with van der Waals surface area (Å²) in [5, 5.41) is 2.77. The Morgan fingerprint density at radius 1 is 0.875 bits per heavy atom. The number of methoxy groups -OCH3 is 1. The minimum absolute atomic E-state index is 0.0211. The Morgan fingerprint density at radius 3 is 2.00 bits per heavy atom. The van der Waals surface area contributed by atoms with Crippen LogP contribution in [-0.4, -0.2) is 37.5 Å². The molecule has 0 rings (SSSR count). The number of hydrogen-bond acceptors (Lipinski definition) is 4. The van der Waals surface area contributed by atoms with Gasteiger partial charge in [-0.05, 0) is 44.9 Å². The van der Waals surface area contributed by atoms with Gasteiger partial charge in [-0.25, -0.2) is 4.79 Å². The van der Waals surface area contributed by atoms with Crippen molar-refractivity contribution in [3.63, 3.8) is 0 Å². The molecule has 1 amide bonds. The van der Waals surface area contributed by atoms with E-state index in [2.05, 4.69) is 29.4 Å². The molecule has 0 aromatic carbocycles. The van der Waals surface area contributed by atoms with Crippen molar-refractivity contribution in [2.24, 2.45) is 16.5 Å². The van der Waals surface area contributed by atoms with E-state index in [1.807, 2.05) is 0 Å². The number of nitrogens with two attached hydrogens (primary N) is 2. The SMILES string of the molecule is CCCCCCCC/C=C\CCCCCCCC(=O)N[C@H](CCCN=C(N)N)C(=O)OC. The summed E-state index contributed by atoms with van der Waals surface area (Å²) in [6.45, 7) is 2.67. The highest BCUT2D eigenvalue weighted by atomic mass is 16.5. The molecule has 0 aromatic rings. The lowest BCUT2D eigenvalue weighted by Crippen LogP contribution is -2.41. The van der Waals surface area contributed by atoms with Crippen molar-refractivity contribution in [2.45, 2.75) is 116 Å².